The second-order valence-corrected chi connectivity index (χ2v) is 11.3. The van der Waals surface area contributed by atoms with Crippen molar-refractivity contribution in [3.63, 3.8) is 0 Å². The van der Waals surface area contributed by atoms with Gasteiger partial charge in [-0.3, -0.25) is 9.09 Å². The van der Waals surface area contributed by atoms with Crippen molar-refractivity contribution in [3.8, 4) is 5.75 Å². The molecule has 28 heavy (non-hydrogen) atoms. The molecule has 0 saturated carbocycles. The smallest absolute Gasteiger partial charge is 0.407 e. The van der Waals surface area contributed by atoms with Crippen molar-refractivity contribution < 1.29 is 37.6 Å². The highest BCUT2D eigenvalue weighted by Gasteiger charge is 2.74. The van der Waals surface area contributed by atoms with E-state index >= 15 is 0 Å². The molecule has 4 unspecified atom stereocenters. The van der Waals surface area contributed by atoms with E-state index < -0.39 is 38.9 Å². The quantitative estimate of drug-likeness (QED) is 0.455. The van der Waals surface area contributed by atoms with Gasteiger partial charge in [-0.15, -0.1) is 0 Å². The van der Waals surface area contributed by atoms with E-state index in [-0.39, 0.29) is 11.3 Å². The molecular weight excluding hydrogens is 409 g/mol. The molecule has 3 N–H and O–H groups in total. The lowest BCUT2D eigenvalue weighted by Gasteiger charge is -2.41. The van der Waals surface area contributed by atoms with Crippen LogP contribution in [0.5, 0.6) is 5.75 Å². The van der Waals surface area contributed by atoms with Crippen LogP contribution >= 0.6 is 15.3 Å². The highest BCUT2D eigenvalue weighted by molar-refractivity contribution is 7.79. The predicted octanol–water partition coefficient (Wildman–Crippen LogP) is 4.26. The molecule has 1 fully saturated rings. The van der Waals surface area contributed by atoms with Crippen LogP contribution in [0.1, 0.15) is 25.2 Å². The van der Waals surface area contributed by atoms with Gasteiger partial charge < -0.3 is 14.7 Å². The fraction of sp³-hybridized carbons (Fsp3) is 0.333. The minimum atomic E-state index is -4.87. The van der Waals surface area contributed by atoms with Crippen molar-refractivity contribution in [2.75, 3.05) is 13.8 Å². The van der Waals surface area contributed by atoms with Crippen molar-refractivity contribution in [1.29, 1.82) is 0 Å². The Kier molecular flexibility index (Phi) is 7.00. The molecule has 0 spiro atoms. The molecule has 1 aliphatic heterocycles. The van der Waals surface area contributed by atoms with Crippen LogP contribution in [0.15, 0.2) is 54.7 Å². The third kappa shape index (κ3) is 4.29. The van der Waals surface area contributed by atoms with Gasteiger partial charge in [-0.1, -0.05) is 30.9 Å². The number of rotatable bonds is 6. The Morgan fingerprint density at radius 3 is 2.71 bits per heavy atom. The summed E-state index contributed by atoms with van der Waals surface area (Å²) in [5.41, 5.74) is 0.183. The van der Waals surface area contributed by atoms with Gasteiger partial charge in [0.05, 0.1) is 13.5 Å². The maximum Gasteiger partial charge on any atom is 0.407 e. The Morgan fingerprint density at radius 2 is 2.21 bits per heavy atom. The SMILES string of the molecule is C=CC(=CC=CC)CC1(O)P(=O)(O)OC(c2ccc(OC)cc2F)O[P+]1(C)O. The number of hydrogen-bond acceptors (Lipinski definition) is 6. The van der Waals surface area contributed by atoms with Gasteiger partial charge in [0.15, 0.2) is 0 Å². The average molecular weight is 433 g/mol. The number of methoxy groups -OCH3 is 1. The molecule has 0 amide bonds. The molecule has 154 valence electrons. The minimum absolute atomic E-state index is 0.203. The number of hydrogen-bond donors (Lipinski definition) is 3. The Balaban J connectivity index is 2.43. The second-order valence-electron chi connectivity index (χ2n) is 6.25. The average Bonchev–Trinajstić information content (AvgIpc) is 2.62. The first kappa shape index (κ1) is 22.9. The lowest BCUT2D eigenvalue weighted by Crippen LogP contribution is -2.39. The summed E-state index contributed by atoms with van der Waals surface area (Å²) in [6.45, 7) is 6.50. The summed E-state index contributed by atoms with van der Waals surface area (Å²) in [6, 6.07) is 3.72. The van der Waals surface area contributed by atoms with Crippen molar-refractivity contribution in [3.05, 3.63) is 66.0 Å². The number of aliphatic hydroxyl groups is 1. The first-order chi connectivity index (χ1) is 13.0. The van der Waals surface area contributed by atoms with Crippen LogP contribution in [0.4, 0.5) is 4.39 Å². The number of ether oxygens (including phenoxy) is 1. The van der Waals surface area contributed by atoms with Crippen molar-refractivity contribution in [2.24, 2.45) is 0 Å². The molecule has 2 rings (SSSR count). The Morgan fingerprint density at radius 1 is 1.54 bits per heavy atom. The van der Waals surface area contributed by atoms with Crippen LogP contribution in [0.3, 0.4) is 0 Å². The fourth-order valence-electron chi connectivity index (χ4n) is 2.62. The summed E-state index contributed by atoms with van der Waals surface area (Å²) in [5.74, 6) is -0.582. The van der Waals surface area contributed by atoms with Gasteiger partial charge >= 0.3 is 20.4 Å². The standard InChI is InChI=1S/C18H23FO7P2/c1-5-7-8-13(6-2)12-18(20)27(4,21)25-17(26-28(18,22)23)15-10-9-14(24-3)11-16(15)19/h5-11,17,20-21H,2,12H2,1,3-4H3/p+1. The van der Waals surface area contributed by atoms with Crippen LogP contribution in [0.25, 0.3) is 0 Å². The molecule has 1 aliphatic rings. The zero-order valence-electron chi connectivity index (χ0n) is 15.8. The zero-order chi connectivity index (χ0) is 21.2. The summed E-state index contributed by atoms with van der Waals surface area (Å²) in [6.07, 6.45) is 4.21. The van der Waals surface area contributed by atoms with E-state index in [1.54, 1.807) is 25.2 Å². The molecule has 1 aromatic carbocycles. The Hall–Kier alpha value is -1.37. The van der Waals surface area contributed by atoms with Gasteiger partial charge in [0, 0.05) is 11.6 Å². The van der Waals surface area contributed by atoms with Gasteiger partial charge in [-0.25, -0.2) is 9.28 Å². The highest BCUT2D eigenvalue weighted by atomic mass is 31.3. The molecular formula is C18H24FO7P2+. The molecule has 4 atom stereocenters. The van der Waals surface area contributed by atoms with Gasteiger partial charge in [-0.2, -0.15) is 4.52 Å². The number of benzene rings is 1. The molecule has 1 saturated heterocycles. The summed E-state index contributed by atoms with van der Waals surface area (Å²) < 4.78 is 42.6. The second kappa shape index (κ2) is 8.56. The molecule has 0 aliphatic carbocycles. The van der Waals surface area contributed by atoms with Gasteiger partial charge in [0.1, 0.15) is 18.2 Å². The fourth-order valence-corrected chi connectivity index (χ4v) is 6.99. The predicted molar refractivity (Wildman–Crippen MR) is 105 cm³/mol. The maximum atomic E-state index is 14.3. The summed E-state index contributed by atoms with van der Waals surface area (Å²) in [5, 5.41) is 8.36. The lowest BCUT2D eigenvalue weighted by atomic mass is 10.2. The van der Waals surface area contributed by atoms with E-state index in [1.807, 2.05) is 0 Å². The first-order valence-corrected chi connectivity index (χ1v) is 12.0. The first-order valence-electron chi connectivity index (χ1n) is 8.30. The van der Waals surface area contributed by atoms with Crippen LogP contribution in [0.2, 0.25) is 0 Å². The number of halogens is 1. The molecule has 1 aromatic rings. The third-order valence-electron chi connectivity index (χ3n) is 4.32. The highest BCUT2D eigenvalue weighted by Crippen LogP contribution is 2.83. The monoisotopic (exact) mass is 433 g/mol. The zero-order valence-corrected chi connectivity index (χ0v) is 17.6. The minimum Gasteiger partial charge on any atom is -0.497 e. The maximum absolute atomic E-state index is 14.3. The lowest BCUT2D eigenvalue weighted by molar-refractivity contribution is -0.0534. The van der Waals surface area contributed by atoms with Gasteiger partial charge in [0.2, 0.25) is 6.29 Å². The van der Waals surface area contributed by atoms with Crippen molar-refractivity contribution >= 4 is 15.3 Å². The summed E-state index contributed by atoms with van der Waals surface area (Å²) in [4.78, 5) is 21.3. The van der Waals surface area contributed by atoms with Crippen molar-refractivity contribution in [1.82, 2.24) is 0 Å². The molecule has 10 heteroatoms. The van der Waals surface area contributed by atoms with E-state index in [1.165, 1.54) is 25.3 Å². The summed E-state index contributed by atoms with van der Waals surface area (Å²) >= 11 is 0. The third-order valence-corrected chi connectivity index (χ3v) is 9.83. The Bertz CT molecular complexity index is 852. The Labute approximate surface area is 163 Å². The van der Waals surface area contributed by atoms with E-state index in [0.717, 1.165) is 12.7 Å². The normalized spacial score (nSPS) is 33.8. The topological polar surface area (TPSA) is 105 Å². The largest absolute Gasteiger partial charge is 0.497 e. The van der Waals surface area contributed by atoms with Gasteiger partial charge in [-0.05, 0) is 24.6 Å². The summed E-state index contributed by atoms with van der Waals surface area (Å²) in [7, 11) is -7.44. The van der Waals surface area contributed by atoms with E-state index in [4.69, 9.17) is 13.8 Å². The van der Waals surface area contributed by atoms with Crippen LogP contribution in [-0.2, 0) is 13.6 Å². The molecule has 0 radical (unpaired) electrons. The van der Waals surface area contributed by atoms with Crippen LogP contribution in [-0.4, -0.2) is 33.8 Å². The molecule has 1 heterocycles. The number of allylic oxidation sites excluding steroid dienone is 4. The van der Waals surface area contributed by atoms with Crippen LogP contribution < -0.4 is 4.74 Å². The van der Waals surface area contributed by atoms with Crippen LogP contribution in [0, 0.1) is 5.82 Å². The molecule has 0 bridgehead atoms. The van der Waals surface area contributed by atoms with Crippen molar-refractivity contribution in [2.45, 2.75) is 24.7 Å². The van der Waals surface area contributed by atoms with E-state index in [2.05, 4.69) is 6.58 Å². The van der Waals surface area contributed by atoms with E-state index in [0.29, 0.717) is 5.57 Å². The molecule has 7 nitrogen and oxygen atoms in total. The van der Waals surface area contributed by atoms with Gasteiger partial charge in [0.25, 0.3) is 0 Å². The van der Waals surface area contributed by atoms with E-state index in [9.17, 15) is 23.8 Å². The molecule has 0 aromatic heterocycles.